The van der Waals surface area contributed by atoms with Crippen molar-refractivity contribution in [2.75, 3.05) is 0 Å². The third-order valence-electron chi connectivity index (χ3n) is 11.5. The first-order valence-corrected chi connectivity index (χ1v) is 21.1. The first kappa shape index (κ1) is 32.6. The van der Waals surface area contributed by atoms with Gasteiger partial charge in [-0.1, -0.05) is 121 Å². The van der Waals surface area contributed by atoms with Crippen LogP contribution in [0.15, 0.2) is 174 Å². The van der Waals surface area contributed by atoms with Crippen molar-refractivity contribution in [2.45, 2.75) is 19.0 Å². The zero-order valence-electron chi connectivity index (χ0n) is 30.8. The lowest BCUT2D eigenvalue weighted by Crippen LogP contribution is -2.33. The van der Waals surface area contributed by atoms with Crippen LogP contribution in [-0.4, -0.2) is 16.2 Å². The minimum Gasteiger partial charge on any atom is -0.344 e. The second-order valence-corrected chi connectivity index (χ2v) is 17.0. The Labute approximate surface area is 337 Å². The summed E-state index contributed by atoms with van der Waals surface area (Å²) in [6.45, 7) is 0. The van der Waals surface area contributed by atoms with Crippen LogP contribution in [-0.2, 0) is 6.42 Å². The zero-order chi connectivity index (χ0) is 37.5. The van der Waals surface area contributed by atoms with Crippen LogP contribution in [0, 0.1) is 0 Å². The van der Waals surface area contributed by atoms with E-state index in [2.05, 4.69) is 155 Å². The van der Waals surface area contributed by atoms with Crippen molar-refractivity contribution in [3.05, 3.63) is 192 Å². The maximum atomic E-state index is 5.15. The van der Waals surface area contributed by atoms with E-state index >= 15 is 0 Å². The van der Waals surface area contributed by atoms with Gasteiger partial charge in [-0.15, -0.1) is 22.7 Å². The van der Waals surface area contributed by atoms with Gasteiger partial charge in [0.15, 0.2) is 5.84 Å². The van der Waals surface area contributed by atoms with E-state index in [9.17, 15) is 0 Å². The first-order valence-electron chi connectivity index (χ1n) is 19.5. The summed E-state index contributed by atoms with van der Waals surface area (Å²) in [5.41, 5.74) is 11.0. The van der Waals surface area contributed by atoms with Crippen molar-refractivity contribution in [1.82, 2.24) is 9.88 Å². The Morgan fingerprint density at radius 2 is 1.33 bits per heavy atom. The summed E-state index contributed by atoms with van der Waals surface area (Å²) in [4.78, 5) is 10.2. The van der Waals surface area contributed by atoms with Crippen molar-refractivity contribution in [3.63, 3.8) is 0 Å². The number of thiophene rings is 2. The number of allylic oxidation sites excluding steroid dienone is 1. The summed E-state index contributed by atoms with van der Waals surface area (Å²) < 4.78 is 7.68. The molecule has 4 nitrogen and oxygen atoms in total. The standard InChI is InChI=1S/C51H34N4S2/c1-3-12-31(13-4-1)49-52-50(32-14-5-2-6-15-32)54-51(53-49)34-23-27-46-42(29-34)40-19-11-18-36(48(40)57-46)33-22-26-45-41(28-33)39-25-24-35(30-47(39)56-45)55-43-20-9-7-16-37(43)38-17-8-10-21-44(38)55/h1-9,11-20,22-30,49H,10,21H2,(H,52,53,54). The van der Waals surface area contributed by atoms with Crippen LogP contribution in [0.5, 0.6) is 0 Å². The number of amidine groups is 2. The van der Waals surface area contributed by atoms with Gasteiger partial charge in [-0.25, -0.2) is 9.98 Å². The van der Waals surface area contributed by atoms with Gasteiger partial charge in [0.25, 0.3) is 0 Å². The highest BCUT2D eigenvalue weighted by Crippen LogP contribution is 2.44. The molecule has 1 atom stereocenters. The van der Waals surface area contributed by atoms with Gasteiger partial charge in [0.1, 0.15) is 12.0 Å². The molecular weight excluding hydrogens is 733 g/mol. The molecular formula is C51H34N4S2. The number of aromatic nitrogens is 1. The molecule has 4 heterocycles. The molecule has 0 radical (unpaired) electrons. The number of fused-ring (bicyclic) bond motifs is 9. The predicted octanol–water partition coefficient (Wildman–Crippen LogP) is 13.5. The molecule has 57 heavy (non-hydrogen) atoms. The third kappa shape index (κ3) is 5.32. The summed E-state index contributed by atoms with van der Waals surface area (Å²) in [5, 5.41) is 10.0. The number of para-hydroxylation sites is 1. The van der Waals surface area contributed by atoms with Gasteiger partial charge in [-0.05, 0) is 78.1 Å². The van der Waals surface area contributed by atoms with Crippen LogP contribution in [0.2, 0.25) is 0 Å². The first-order chi connectivity index (χ1) is 28.2. The monoisotopic (exact) mass is 766 g/mol. The van der Waals surface area contributed by atoms with E-state index in [4.69, 9.17) is 9.98 Å². The van der Waals surface area contributed by atoms with E-state index in [1.807, 2.05) is 46.9 Å². The Morgan fingerprint density at radius 1 is 0.579 bits per heavy atom. The molecule has 1 aliphatic heterocycles. The Balaban J connectivity index is 0.944. The minimum absolute atomic E-state index is 0.235. The topological polar surface area (TPSA) is 41.7 Å². The fourth-order valence-corrected chi connectivity index (χ4v) is 11.2. The summed E-state index contributed by atoms with van der Waals surface area (Å²) >= 11 is 3.75. The molecule has 0 fully saturated rings. The van der Waals surface area contributed by atoms with Crippen LogP contribution in [0.1, 0.15) is 40.5 Å². The largest absolute Gasteiger partial charge is 0.344 e. The molecule has 0 spiro atoms. The van der Waals surface area contributed by atoms with E-state index in [1.165, 1.54) is 79.3 Å². The van der Waals surface area contributed by atoms with E-state index in [1.54, 1.807) is 0 Å². The second kappa shape index (κ2) is 13.0. The lowest BCUT2D eigenvalue weighted by Gasteiger charge is -2.23. The quantitative estimate of drug-likeness (QED) is 0.186. The highest BCUT2D eigenvalue weighted by molar-refractivity contribution is 7.26. The SMILES string of the molecule is C1=Cc2c(n(-c3ccc4c(c3)sc3ccc(-c5cccc6c5sc5ccc(C7=NC(c8ccccc8)NC(c8ccccc8)=N7)cc56)cc34)c3ccccc23)CC1. The van der Waals surface area contributed by atoms with Crippen LogP contribution in [0.25, 0.3) is 74.1 Å². The van der Waals surface area contributed by atoms with Gasteiger partial charge >= 0.3 is 0 Å². The summed E-state index contributed by atoms with van der Waals surface area (Å²) in [6, 6.07) is 57.1. The van der Waals surface area contributed by atoms with Gasteiger partial charge in [-0.3, -0.25) is 0 Å². The molecule has 1 aliphatic carbocycles. The third-order valence-corrected chi connectivity index (χ3v) is 13.9. The van der Waals surface area contributed by atoms with Gasteiger partial charge in [0.05, 0.1) is 5.52 Å². The van der Waals surface area contributed by atoms with E-state index in [0.717, 1.165) is 41.2 Å². The van der Waals surface area contributed by atoms with Crippen LogP contribution >= 0.6 is 22.7 Å². The highest BCUT2D eigenvalue weighted by Gasteiger charge is 2.23. The molecule has 2 aliphatic rings. The highest BCUT2D eigenvalue weighted by atomic mass is 32.1. The van der Waals surface area contributed by atoms with Crippen molar-refractivity contribution < 1.29 is 0 Å². The predicted molar refractivity (Wildman–Crippen MR) is 244 cm³/mol. The maximum absolute atomic E-state index is 5.15. The van der Waals surface area contributed by atoms with Crippen molar-refractivity contribution >= 4 is 91.7 Å². The molecule has 270 valence electrons. The molecule has 0 saturated carbocycles. The molecule has 0 bridgehead atoms. The number of benzene rings is 7. The second-order valence-electron chi connectivity index (χ2n) is 14.9. The molecule has 1 unspecified atom stereocenters. The minimum atomic E-state index is -0.235. The molecule has 0 saturated heterocycles. The van der Waals surface area contributed by atoms with E-state index in [-0.39, 0.29) is 6.17 Å². The number of nitrogens with zero attached hydrogens (tertiary/aromatic N) is 3. The van der Waals surface area contributed by atoms with E-state index in [0.29, 0.717) is 0 Å². The van der Waals surface area contributed by atoms with Gasteiger partial charge < -0.3 is 9.88 Å². The van der Waals surface area contributed by atoms with Crippen molar-refractivity contribution in [1.29, 1.82) is 0 Å². The normalized spacial score (nSPS) is 15.3. The van der Waals surface area contributed by atoms with E-state index < -0.39 is 0 Å². The number of hydrogen-bond donors (Lipinski definition) is 1. The summed E-state index contributed by atoms with van der Waals surface area (Å²) in [7, 11) is 0. The summed E-state index contributed by atoms with van der Waals surface area (Å²) in [5.74, 6) is 1.56. The number of hydrogen-bond acceptors (Lipinski definition) is 5. The molecule has 1 N–H and O–H groups in total. The Kier molecular flexibility index (Phi) is 7.43. The molecule has 0 amide bonds. The Bertz CT molecular complexity index is 3330. The van der Waals surface area contributed by atoms with Gasteiger partial charge in [-0.2, -0.15) is 0 Å². The fourth-order valence-electron chi connectivity index (χ4n) is 8.83. The van der Waals surface area contributed by atoms with Gasteiger partial charge in [0, 0.05) is 73.8 Å². The fraction of sp³-hybridized carbons (Fsp3) is 0.0588. The average Bonchev–Trinajstić information content (AvgIpc) is 3.95. The molecule has 10 aromatic rings. The number of nitrogens with one attached hydrogen (secondary N) is 1. The van der Waals surface area contributed by atoms with Crippen LogP contribution < -0.4 is 5.32 Å². The Hall–Kier alpha value is -6.60. The zero-order valence-corrected chi connectivity index (χ0v) is 32.4. The smallest absolute Gasteiger partial charge is 0.159 e. The molecule has 7 aromatic carbocycles. The van der Waals surface area contributed by atoms with Gasteiger partial charge in [0.2, 0.25) is 0 Å². The maximum Gasteiger partial charge on any atom is 0.159 e. The Morgan fingerprint density at radius 3 is 2.23 bits per heavy atom. The lowest BCUT2D eigenvalue weighted by atomic mass is 10.00. The van der Waals surface area contributed by atoms with Crippen molar-refractivity contribution in [3.8, 4) is 16.8 Å². The van der Waals surface area contributed by atoms with Crippen LogP contribution in [0.4, 0.5) is 0 Å². The number of rotatable bonds is 5. The molecule has 3 aromatic heterocycles. The summed E-state index contributed by atoms with van der Waals surface area (Å²) in [6.07, 6.45) is 6.53. The average molecular weight is 767 g/mol. The van der Waals surface area contributed by atoms with Crippen molar-refractivity contribution in [2.24, 2.45) is 9.98 Å². The van der Waals surface area contributed by atoms with Crippen LogP contribution in [0.3, 0.4) is 0 Å². The molecule has 12 rings (SSSR count). The molecule has 6 heteroatoms. The lowest BCUT2D eigenvalue weighted by molar-refractivity contribution is 0.674. The number of aliphatic imine (C=N–C) groups is 2.